The van der Waals surface area contributed by atoms with Crippen LogP contribution >= 0.6 is 15.9 Å². The quantitative estimate of drug-likeness (QED) is 0.754. The molecule has 25 heavy (non-hydrogen) atoms. The number of methoxy groups -OCH3 is 1. The number of hydrogen-bond donors (Lipinski definition) is 1. The fourth-order valence-corrected chi connectivity index (χ4v) is 2.66. The number of benzene rings is 2. The van der Waals surface area contributed by atoms with E-state index >= 15 is 0 Å². The van der Waals surface area contributed by atoms with E-state index in [1.807, 2.05) is 32.0 Å². The van der Waals surface area contributed by atoms with Gasteiger partial charge in [-0.3, -0.25) is 4.79 Å². The van der Waals surface area contributed by atoms with Gasteiger partial charge in [0.25, 0.3) is 5.91 Å². The summed E-state index contributed by atoms with van der Waals surface area (Å²) < 4.78 is 11.0. The van der Waals surface area contributed by atoms with Crippen molar-refractivity contribution in [2.45, 2.75) is 26.9 Å². The zero-order chi connectivity index (χ0) is 18.6. The molecule has 0 fully saturated rings. The number of esters is 1. The van der Waals surface area contributed by atoms with E-state index in [-0.39, 0.29) is 5.91 Å². The predicted molar refractivity (Wildman–Crippen MR) is 100 cm³/mol. The Hall–Kier alpha value is -2.34. The molecule has 6 heteroatoms. The number of carbonyl (C=O) groups is 2. The molecule has 1 N–H and O–H groups in total. The molecule has 0 bridgehead atoms. The summed E-state index contributed by atoms with van der Waals surface area (Å²) in [6, 6.07) is 10.7. The van der Waals surface area contributed by atoms with Crippen LogP contribution in [0.15, 0.2) is 40.9 Å². The maximum Gasteiger partial charge on any atom is 0.340 e. The summed E-state index contributed by atoms with van der Waals surface area (Å²) in [5.74, 6) is -0.462. The Balaban J connectivity index is 2.06. The van der Waals surface area contributed by atoms with E-state index in [0.717, 1.165) is 11.1 Å². The zero-order valence-corrected chi connectivity index (χ0v) is 16.1. The van der Waals surface area contributed by atoms with Crippen molar-refractivity contribution in [2.75, 3.05) is 12.4 Å². The van der Waals surface area contributed by atoms with Crippen molar-refractivity contribution >= 4 is 33.5 Å². The SMILES string of the molecule is COc1ccc(Br)c(C(=O)O[C@@H](C)C(=O)Nc2ccc(C)cc2C)c1. The average Bonchev–Trinajstić information content (AvgIpc) is 2.57. The predicted octanol–water partition coefficient (Wildman–Crippen LogP) is 4.26. The first-order valence-corrected chi connectivity index (χ1v) is 8.53. The Labute approximate surface area is 155 Å². The topological polar surface area (TPSA) is 64.6 Å². The monoisotopic (exact) mass is 405 g/mol. The molecule has 1 amide bonds. The minimum Gasteiger partial charge on any atom is -0.497 e. The maximum atomic E-state index is 12.3. The Morgan fingerprint density at radius 2 is 1.84 bits per heavy atom. The Morgan fingerprint density at radius 1 is 1.12 bits per heavy atom. The van der Waals surface area contributed by atoms with Crippen LogP contribution in [0.1, 0.15) is 28.4 Å². The number of anilines is 1. The Morgan fingerprint density at radius 3 is 2.48 bits per heavy atom. The molecular weight excluding hydrogens is 386 g/mol. The van der Waals surface area contributed by atoms with Crippen LogP contribution in [0.3, 0.4) is 0 Å². The fraction of sp³-hybridized carbons (Fsp3) is 0.263. The molecular formula is C19H20BrNO4. The highest BCUT2D eigenvalue weighted by atomic mass is 79.9. The van der Waals surface area contributed by atoms with Crippen LogP contribution in [0.2, 0.25) is 0 Å². The van der Waals surface area contributed by atoms with Gasteiger partial charge in [-0.25, -0.2) is 4.79 Å². The summed E-state index contributed by atoms with van der Waals surface area (Å²) in [4.78, 5) is 24.6. The van der Waals surface area contributed by atoms with Crippen molar-refractivity contribution in [1.82, 2.24) is 0 Å². The second-order valence-electron chi connectivity index (χ2n) is 5.70. The van der Waals surface area contributed by atoms with E-state index in [1.54, 1.807) is 18.2 Å². The highest BCUT2D eigenvalue weighted by molar-refractivity contribution is 9.10. The van der Waals surface area contributed by atoms with Gasteiger partial charge in [0, 0.05) is 10.2 Å². The minimum absolute atomic E-state index is 0.297. The van der Waals surface area contributed by atoms with Crippen LogP contribution in [-0.2, 0) is 9.53 Å². The van der Waals surface area contributed by atoms with Gasteiger partial charge < -0.3 is 14.8 Å². The van der Waals surface area contributed by atoms with Crippen molar-refractivity contribution in [2.24, 2.45) is 0 Å². The summed E-state index contributed by atoms with van der Waals surface area (Å²) >= 11 is 3.30. The number of halogens is 1. The van der Waals surface area contributed by atoms with E-state index < -0.39 is 12.1 Å². The van der Waals surface area contributed by atoms with Gasteiger partial charge in [-0.15, -0.1) is 0 Å². The number of ether oxygens (including phenoxy) is 2. The van der Waals surface area contributed by atoms with Gasteiger partial charge in [0.05, 0.1) is 12.7 Å². The number of amides is 1. The van der Waals surface area contributed by atoms with Crippen molar-refractivity contribution in [3.8, 4) is 5.75 Å². The molecule has 0 heterocycles. The summed E-state index contributed by atoms with van der Waals surface area (Å²) in [6.07, 6.45) is -0.939. The number of carbonyl (C=O) groups excluding carboxylic acids is 2. The van der Waals surface area contributed by atoms with Crippen LogP contribution in [0.5, 0.6) is 5.75 Å². The summed E-state index contributed by atoms with van der Waals surface area (Å²) in [5.41, 5.74) is 3.05. The van der Waals surface area contributed by atoms with E-state index in [0.29, 0.717) is 21.5 Å². The molecule has 0 aliphatic heterocycles. The second kappa shape index (κ2) is 8.16. The smallest absolute Gasteiger partial charge is 0.340 e. The molecule has 0 aromatic heterocycles. The lowest BCUT2D eigenvalue weighted by Gasteiger charge is -2.15. The first-order valence-electron chi connectivity index (χ1n) is 7.74. The van der Waals surface area contributed by atoms with Crippen LogP contribution in [0.25, 0.3) is 0 Å². The minimum atomic E-state index is -0.939. The average molecular weight is 406 g/mol. The van der Waals surface area contributed by atoms with E-state index in [4.69, 9.17) is 9.47 Å². The van der Waals surface area contributed by atoms with Gasteiger partial charge in [0.1, 0.15) is 5.75 Å². The molecule has 2 aromatic rings. The van der Waals surface area contributed by atoms with Gasteiger partial charge in [-0.2, -0.15) is 0 Å². The third kappa shape index (κ3) is 4.82. The molecule has 0 radical (unpaired) electrons. The van der Waals surface area contributed by atoms with Gasteiger partial charge in [0.2, 0.25) is 0 Å². The number of rotatable bonds is 5. The lowest BCUT2D eigenvalue weighted by Crippen LogP contribution is -2.30. The van der Waals surface area contributed by atoms with E-state index in [9.17, 15) is 9.59 Å². The normalized spacial score (nSPS) is 11.6. The van der Waals surface area contributed by atoms with Crippen LogP contribution < -0.4 is 10.1 Å². The summed E-state index contributed by atoms with van der Waals surface area (Å²) in [7, 11) is 1.51. The molecule has 132 valence electrons. The summed E-state index contributed by atoms with van der Waals surface area (Å²) in [5, 5.41) is 2.78. The lowest BCUT2D eigenvalue weighted by atomic mass is 10.1. The number of hydrogen-bond acceptors (Lipinski definition) is 4. The lowest BCUT2D eigenvalue weighted by molar-refractivity contribution is -0.123. The molecule has 0 unspecified atom stereocenters. The van der Waals surface area contributed by atoms with Gasteiger partial charge in [-0.1, -0.05) is 17.7 Å². The number of nitrogens with one attached hydrogen (secondary N) is 1. The van der Waals surface area contributed by atoms with Crippen LogP contribution in [-0.4, -0.2) is 25.1 Å². The van der Waals surface area contributed by atoms with Crippen molar-refractivity contribution < 1.29 is 19.1 Å². The standard InChI is InChI=1S/C19H20BrNO4/c1-11-5-8-17(12(2)9-11)21-18(22)13(3)25-19(23)15-10-14(24-4)6-7-16(15)20/h5-10,13H,1-4H3,(H,21,22)/t13-/m0/s1. The van der Waals surface area contributed by atoms with Gasteiger partial charge in [-0.05, 0) is 66.5 Å². The van der Waals surface area contributed by atoms with Gasteiger partial charge >= 0.3 is 5.97 Å². The third-order valence-electron chi connectivity index (χ3n) is 3.69. The van der Waals surface area contributed by atoms with Crippen LogP contribution in [0, 0.1) is 13.8 Å². The Bertz CT molecular complexity index is 804. The highest BCUT2D eigenvalue weighted by Crippen LogP contribution is 2.24. The maximum absolute atomic E-state index is 12.3. The molecule has 2 rings (SSSR count). The molecule has 0 saturated heterocycles. The largest absolute Gasteiger partial charge is 0.497 e. The first-order chi connectivity index (χ1) is 11.8. The van der Waals surface area contributed by atoms with Crippen molar-refractivity contribution in [1.29, 1.82) is 0 Å². The second-order valence-corrected chi connectivity index (χ2v) is 6.56. The molecule has 1 atom stereocenters. The summed E-state index contributed by atoms with van der Waals surface area (Å²) in [6.45, 7) is 5.42. The first kappa shape index (κ1) is 19.0. The number of aryl methyl sites for hydroxylation is 2. The molecule has 5 nitrogen and oxygen atoms in total. The molecule has 0 aliphatic carbocycles. The molecule has 0 aliphatic rings. The molecule has 0 spiro atoms. The Kier molecular flexibility index (Phi) is 6.20. The van der Waals surface area contributed by atoms with E-state index in [2.05, 4.69) is 21.2 Å². The van der Waals surface area contributed by atoms with Gasteiger partial charge in [0.15, 0.2) is 6.10 Å². The van der Waals surface area contributed by atoms with Crippen molar-refractivity contribution in [3.05, 3.63) is 57.6 Å². The third-order valence-corrected chi connectivity index (χ3v) is 4.38. The molecule has 0 saturated carbocycles. The highest BCUT2D eigenvalue weighted by Gasteiger charge is 2.21. The van der Waals surface area contributed by atoms with E-state index in [1.165, 1.54) is 14.0 Å². The fourth-order valence-electron chi connectivity index (χ4n) is 2.25. The zero-order valence-electron chi connectivity index (χ0n) is 14.6. The van der Waals surface area contributed by atoms with Crippen molar-refractivity contribution in [3.63, 3.8) is 0 Å². The molecule has 2 aromatic carbocycles. The van der Waals surface area contributed by atoms with Crippen LogP contribution in [0.4, 0.5) is 5.69 Å².